The normalized spacial score (nSPS) is 26.8. The van der Waals surface area contributed by atoms with E-state index in [0.29, 0.717) is 18.5 Å². The summed E-state index contributed by atoms with van der Waals surface area (Å²) >= 11 is 0. The fourth-order valence-corrected chi connectivity index (χ4v) is 6.35. The molecule has 1 saturated carbocycles. The third-order valence-electron chi connectivity index (χ3n) is 8.83. The number of aliphatic carboxylic acids is 1. The average Bonchev–Trinajstić information content (AvgIpc) is 3.57. The number of amides is 4. The molecule has 12 nitrogen and oxygen atoms in total. The number of anilines is 1. The molecular formula is C36H44N4O8. The van der Waals surface area contributed by atoms with E-state index in [1.807, 2.05) is 54.6 Å². The number of alkyl carbamates (subject to hydrolysis) is 1. The summed E-state index contributed by atoms with van der Waals surface area (Å²) in [6.07, 6.45) is 4.77. The van der Waals surface area contributed by atoms with E-state index in [2.05, 4.69) is 16.0 Å². The molecule has 2 aromatic rings. The average molecular weight is 661 g/mol. The number of benzene rings is 2. The van der Waals surface area contributed by atoms with Gasteiger partial charge in [-0.1, -0.05) is 73.5 Å². The van der Waals surface area contributed by atoms with Crippen LogP contribution in [0.1, 0.15) is 65.7 Å². The van der Waals surface area contributed by atoms with Gasteiger partial charge in [-0.3, -0.25) is 14.9 Å². The summed E-state index contributed by atoms with van der Waals surface area (Å²) in [5.74, 6) is -2.72. The van der Waals surface area contributed by atoms with E-state index < -0.39 is 59.3 Å². The second kappa shape index (κ2) is 14.5. The minimum Gasteiger partial charge on any atom is -0.479 e. The minimum absolute atomic E-state index is 0.0549. The van der Waals surface area contributed by atoms with E-state index in [9.17, 15) is 29.1 Å². The number of nitrogens with one attached hydrogen (secondary N) is 3. The van der Waals surface area contributed by atoms with Crippen molar-refractivity contribution in [2.75, 3.05) is 11.9 Å². The van der Waals surface area contributed by atoms with Gasteiger partial charge < -0.3 is 30.1 Å². The molecular weight excluding hydrogens is 616 g/mol. The van der Waals surface area contributed by atoms with Crippen molar-refractivity contribution in [3.8, 4) is 11.1 Å². The van der Waals surface area contributed by atoms with Crippen molar-refractivity contribution in [2.24, 2.45) is 5.92 Å². The first-order valence-corrected chi connectivity index (χ1v) is 16.5. The number of para-hydroxylation sites is 1. The lowest BCUT2D eigenvalue weighted by Gasteiger charge is -2.30. The van der Waals surface area contributed by atoms with Crippen LogP contribution in [-0.2, 0) is 23.9 Å². The SMILES string of the molecule is CC(C)(C)OC(=O)N[C@H]1CCCCC/C=C\[C@@H]2C[C@@]2(C(=O)O)NC(=O)[C@@H]2C[C@@H](OC(=O)Nc3ccccc3-c3ccccc3)CN2C1=O. The van der Waals surface area contributed by atoms with Gasteiger partial charge in [0.05, 0.1) is 12.2 Å². The zero-order valence-electron chi connectivity index (χ0n) is 27.6. The second-order valence-corrected chi connectivity index (χ2v) is 13.6. The molecule has 12 heteroatoms. The first-order chi connectivity index (χ1) is 22.9. The highest BCUT2D eigenvalue weighted by Crippen LogP contribution is 2.45. The Kier molecular flexibility index (Phi) is 10.4. The zero-order chi connectivity index (χ0) is 34.5. The van der Waals surface area contributed by atoms with Crippen molar-refractivity contribution in [1.29, 1.82) is 0 Å². The molecule has 2 heterocycles. The van der Waals surface area contributed by atoms with Crippen LogP contribution in [0, 0.1) is 5.92 Å². The third kappa shape index (κ3) is 8.34. The molecule has 1 saturated heterocycles. The maximum absolute atomic E-state index is 14.1. The lowest BCUT2D eigenvalue weighted by molar-refractivity contribution is -0.145. The van der Waals surface area contributed by atoms with Crippen molar-refractivity contribution >= 4 is 35.7 Å². The van der Waals surface area contributed by atoms with E-state index in [0.717, 1.165) is 30.4 Å². The summed E-state index contributed by atoms with van der Waals surface area (Å²) in [5.41, 5.74) is -0.0765. The molecule has 4 amide bonds. The Morgan fingerprint density at radius 2 is 1.71 bits per heavy atom. The molecule has 5 atom stereocenters. The molecule has 3 aliphatic rings. The standard InChI is InChI=1S/C36H44N4O8/c1-35(2,3)48-34(46)38-28-19-11-6-4-5-10-16-24-21-36(24,32(43)44)39-30(41)29-20-25(22-40(29)31(28)42)47-33(45)37-27-18-13-12-17-26(27)23-14-8-7-9-15-23/h7-10,12-18,24-25,28-29H,4-6,11,19-22H2,1-3H3,(H,37,45)(H,38,46)(H,39,41)(H,43,44)/b16-10-/t24-,25-,28+,29+,36-/m1/s1. The number of rotatable bonds is 5. The van der Waals surface area contributed by atoms with Crippen molar-refractivity contribution < 1.29 is 38.6 Å². The Labute approximate surface area is 280 Å². The molecule has 0 aromatic heterocycles. The fourth-order valence-electron chi connectivity index (χ4n) is 6.35. The number of carboxylic acids is 1. The van der Waals surface area contributed by atoms with Crippen LogP contribution in [0.3, 0.4) is 0 Å². The van der Waals surface area contributed by atoms with Crippen LogP contribution in [0.25, 0.3) is 11.1 Å². The van der Waals surface area contributed by atoms with Gasteiger partial charge >= 0.3 is 18.2 Å². The predicted octanol–water partition coefficient (Wildman–Crippen LogP) is 5.24. The highest BCUT2D eigenvalue weighted by atomic mass is 16.6. The summed E-state index contributed by atoms with van der Waals surface area (Å²) < 4.78 is 11.2. The van der Waals surface area contributed by atoms with E-state index in [1.165, 1.54) is 4.90 Å². The predicted molar refractivity (Wildman–Crippen MR) is 178 cm³/mol. The van der Waals surface area contributed by atoms with Crippen LogP contribution >= 0.6 is 0 Å². The maximum Gasteiger partial charge on any atom is 0.411 e. The number of carbonyl (C=O) groups is 5. The maximum atomic E-state index is 14.1. The Morgan fingerprint density at radius 3 is 2.44 bits per heavy atom. The van der Waals surface area contributed by atoms with Crippen LogP contribution in [0.5, 0.6) is 0 Å². The molecule has 0 spiro atoms. The fraction of sp³-hybridized carbons (Fsp3) is 0.472. The Balaban J connectivity index is 1.37. The largest absolute Gasteiger partial charge is 0.479 e. The van der Waals surface area contributed by atoms with E-state index in [1.54, 1.807) is 32.9 Å². The molecule has 256 valence electrons. The van der Waals surface area contributed by atoms with Gasteiger partial charge in [0.25, 0.3) is 0 Å². The molecule has 0 bridgehead atoms. The Morgan fingerprint density at radius 1 is 0.979 bits per heavy atom. The molecule has 4 N–H and O–H groups in total. The van der Waals surface area contributed by atoms with Crippen LogP contribution < -0.4 is 16.0 Å². The van der Waals surface area contributed by atoms with Gasteiger partial charge in [0, 0.05) is 17.9 Å². The molecule has 5 rings (SSSR count). The second-order valence-electron chi connectivity index (χ2n) is 13.6. The number of ether oxygens (including phenoxy) is 2. The van der Waals surface area contributed by atoms with Crippen LogP contribution in [-0.4, -0.2) is 75.8 Å². The molecule has 48 heavy (non-hydrogen) atoms. The monoisotopic (exact) mass is 660 g/mol. The lowest BCUT2D eigenvalue weighted by Crippen LogP contribution is -2.56. The van der Waals surface area contributed by atoms with Crippen LogP contribution in [0.2, 0.25) is 0 Å². The molecule has 2 aromatic carbocycles. The topological polar surface area (TPSA) is 163 Å². The van der Waals surface area contributed by atoms with Gasteiger partial charge in [-0.15, -0.1) is 0 Å². The van der Waals surface area contributed by atoms with E-state index in [-0.39, 0.29) is 25.3 Å². The van der Waals surface area contributed by atoms with E-state index >= 15 is 0 Å². The van der Waals surface area contributed by atoms with Crippen LogP contribution in [0.4, 0.5) is 15.3 Å². The number of hydrogen-bond acceptors (Lipinski definition) is 7. The van der Waals surface area contributed by atoms with Crippen molar-refractivity contribution in [3.63, 3.8) is 0 Å². The van der Waals surface area contributed by atoms with Gasteiger partial charge in [0.1, 0.15) is 29.3 Å². The van der Waals surface area contributed by atoms with Crippen molar-refractivity contribution in [1.82, 2.24) is 15.5 Å². The van der Waals surface area contributed by atoms with Gasteiger partial charge in [-0.05, 0) is 58.1 Å². The van der Waals surface area contributed by atoms with Gasteiger partial charge in [0.15, 0.2) is 0 Å². The quantitative estimate of drug-likeness (QED) is 0.316. The number of carboxylic acid groups (broad SMARTS) is 1. The number of fused-ring (bicyclic) bond motifs is 2. The number of hydrogen-bond donors (Lipinski definition) is 4. The first-order valence-electron chi connectivity index (χ1n) is 16.5. The van der Waals surface area contributed by atoms with Gasteiger partial charge in [-0.25, -0.2) is 14.4 Å². The molecule has 2 fully saturated rings. The summed E-state index contributed by atoms with van der Waals surface area (Å²) in [5, 5.41) is 18.3. The van der Waals surface area contributed by atoms with Gasteiger partial charge in [-0.2, -0.15) is 0 Å². The molecule has 2 aliphatic heterocycles. The highest BCUT2D eigenvalue weighted by Gasteiger charge is 2.61. The van der Waals surface area contributed by atoms with Crippen molar-refractivity contribution in [3.05, 3.63) is 66.7 Å². The molecule has 0 radical (unpaired) electrons. The number of nitrogens with zero attached hydrogens (tertiary/aromatic N) is 1. The van der Waals surface area contributed by atoms with Crippen LogP contribution in [0.15, 0.2) is 66.7 Å². The molecule has 1 aliphatic carbocycles. The number of allylic oxidation sites excluding steroid dienone is 1. The Hall–Kier alpha value is -4.87. The smallest absolute Gasteiger partial charge is 0.411 e. The lowest BCUT2D eigenvalue weighted by atomic mass is 10.0. The summed E-state index contributed by atoms with van der Waals surface area (Å²) in [4.78, 5) is 67.6. The summed E-state index contributed by atoms with van der Waals surface area (Å²) in [6.45, 7) is 5.02. The number of carbonyl (C=O) groups excluding carboxylic acids is 4. The Bertz CT molecular complexity index is 1550. The summed E-state index contributed by atoms with van der Waals surface area (Å²) in [6, 6.07) is 14.6. The third-order valence-corrected chi connectivity index (χ3v) is 8.83. The van der Waals surface area contributed by atoms with Crippen molar-refractivity contribution in [2.45, 2.75) is 95.0 Å². The van der Waals surface area contributed by atoms with Gasteiger partial charge in [0.2, 0.25) is 11.8 Å². The summed E-state index contributed by atoms with van der Waals surface area (Å²) in [7, 11) is 0. The zero-order valence-corrected chi connectivity index (χ0v) is 27.6. The highest BCUT2D eigenvalue weighted by molar-refractivity contribution is 5.96. The first kappa shape index (κ1) is 34.5. The molecule has 0 unspecified atom stereocenters. The van der Waals surface area contributed by atoms with E-state index in [4.69, 9.17) is 9.47 Å². The minimum atomic E-state index is -1.48.